The van der Waals surface area contributed by atoms with Crippen LogP contribution in [-0.2, 0) is 24.5 Å². The second kappa shape index (κ2) is 8.62. The van der Waals surface area contributed by atoms with E-state index in [1.54, 1.807) is 24.4 Å². The highest BCUT2D eigenvalue weighted by Gasteiger charge is 2.30. The average molecular weight is 439 g/mol. The number of benzene rings is 1. The van der Waals surface area contributed by atoms with Gasteiger partial charge in [0.15, 0.2) is 0 Å². The molecule has 1 unspecified atom stereocenters. The summed E-state index contributed by atoms with van der Waals surface area (Å²) < 4.78 is 32.9. The molecule has 1 atom stereocenters. The minimum Gasteiger partial charge on any atom is -0.598 e. The molecule has 0 amide bonds. The number of hydrogen-bond donors (Lipinski definition) is 1. The van der Waals surface area contributed by atoms with Gasteiger partial charge in [0.1, 0.15) is 17.1 Å². The molecule has 0 spiro atoms. The Morgan fingerprint density at radius 2 is 2.13 bits per heavy atom. The van der Waals surface area contributed by atoms with Crippen molar-refractivity contribution >= 4 is 22.3 Å². The molecule has 1 fully saturated rings. The van der Waals surface area contributed by atoms with Gasteiger partial charge in [-0.15, -0.1) is 4.72 Å². The van der Waals surface area contributed by atoms with Crippen LogP contribution in [0.25, 0.3) is 22.2 Å². The zero-order valence-corrected chi connectivity index (χ0v) is 18.9. The molecule has 3 aromatic rings. The molecule has 7 heteroatoms. The molecule has 5 nitrogen and oxygen atoms in total. The first kappa shape index (κ1) is 21.8. The zero-order valence-electron chi connectivity index (χ0n) is 18.1. The lowest BCUT2D eigenvalue weighted by atomic mass is 9.97. The summed E-state index contributed by atoms with van der Waals surface area (Å²) in [6.07, 6.45) is 6.71. The van der Waals surface area contributed by atoms with Gasteiger partial charge in [0.05, 0.1) is 17.8 Å². The minimum atomic E-state index is -1.07. The van der Waals surface area contributed by atoms with Gasteiger partial charge in [-0.05, 0) is 54.5 Å². The lowest BCUT2D eigenvalue weighted by Crippen LogP contribution is -2.38. The number of nitrogens with one attached hydrogen (secondary N) is 1. The molecule has 0 radical (unpaired) electrons. The average Bonchev–Trinajstić information content (AvgIpc) is 2.99. The fourth-order valence-corrected chi connectivity index (χ4v) is 5.20. The van der Waals surface area contributed by atoms with Gasteiger partial charge in [0.25, 0.3) is 0 Å². The summed E-state index contributed by atoms with van der Waals surface area (Å²) in [5.74, 6) is -0.419. The monoisotopic (exact) mass is 438 g/mol. The molecule has 4 rings (SSSR count). The normalized spacial score (nSPS) is 15.6. The number of aromatic nitrogens is 2. The third-order valence-corrected chi connectivity index (χ3v) is 7.15. The molecule has 0 aliphatic heterocycles. The van der Waals surface area contributed by atoms with Gasteiger partial charge in [0.2, 0.25) is 0 Å². The molecule has 2 aromatic heterocycles. The topological polar surface area (TPSA) is 76.7 Å². The van der Waals surface area contributed by atoms with Crippen LogP contribution in [0.3, 0.4) is 0 Å². The number of hydrogen-bond acceptors (Lipinski definition) is 4. The van der Waals surface area contributed by atoms with E-state index < -0.39 is 17.2 Å². The van der Waals surface area contributed by atoms with Crippen LogP contribution in [0.4, 0.5) is 4.39 Å². The van der Waals surface area contributed by atoms with Crippen LogP contribution in [0, 0.1) is 22.6 Å². The second-order valence-corrected chi connectivity index (χ2v) is 10.9. The quantitative estimate of drug-likeness (QED) is 0.546. The summed E-state index contributed by atoms with van der Waals surface area (Å²) in [7, 11) is 0. The van der Waals surface area contributed by atoms with Crippen molar-refractivity contribution in [3.05, 3.63) is 53.6 Å². The smallest absolute Gasteiger partial charge is 0.135 e. The third kappa shape index (κ3) is 4.62. The zero-order chi connectivity index (χ0) is 22.2. The molecule has 0 saturated heterocycles. The molecule has 162 valence electrons. The minimum absolute atomic E-state index is 0.0166. The summed E-state index contributed by atoms with van der Waals surface area (Å²) in [5, 5.41) is 10.4. The van der Waals surface area contributed by atoms with Gasteiger partial charge in [0, 0.05) is 46.8 Å². The van der Waals surface area contributed by atoms with Crippen LogP contribution in [0.5, 0.6) is 0 Å². The van der Waals surface area contributed by atoms with E-state index >= 15 is 4.39 Å². The number of rotatable bonds is 6. The van der Waals surface area contributed by atoms with Crippen LogP contribution >= 0.6 is 0 Å². The lowest BCUT2D eigenvalue weighted by Gasteiger charge is -2.27. The maximum absolute atomic E-state index is 15.2. The van der Waals surface area contributed by atoms with Crippen LogP contribution < -0.4 is 4.72 Å². The molecule has 2 heterocycles. The van der Waals surface area contributed by atoms with E-state index in [1.807, 2.05) is 6.20 Å². The molecule has 1 aromatic carbocycles. The predicted molar refractivity (Wildman–Crippen MR) is 122 cm³/mol. The second-order valence-electron chi connectivity index (χ2n) is 9.37. The van der Waals surface area contributed by atoms with Crippen molar-refractivity contribution in [2.24, 2.45) is 5.41 Å². The van der Waals surface area contributed by atoms with Crippen molar-refractivity contribution in [3.63, 3.8) is 0 Å². The Bertz CT molecular complexity index is 1140. The van der Waals surface area contributed by atoms with E-state index in [4.69, 9.17) is 0 Å². The van der Waals surface area contributed by atoms with E-state index in [-0.39, 0.29) is 10.7 Å². The van der Waals surface area contributed by atoms with E-state index in [0.29, 0.717) is 23.4 Å². The van der Waals surface area contributed by atoms with Crippen LogP contribution in [-0.4, -0.2) is 19.4 Å². The van der Waals surface area contributed by atoms with E-state index in [2.05, 4.69) is 41.1 Å². The molecule has 1 aliphatic rings. The Morgan fingerprint density at radius 3 is 2.77 bits per heavy atom. The van der Waals surface area contributed by atoms with Crippen molar-refractivity contribution < 1.29 is 8.94 Å². The first-order valence-corrected chi connectivity index (χ1v) is 11.8. The summed E-state index contributed by atoms with van der Waals surface area (Å²) in [6, 6.07) is 8.72. The molecular formula is C24H27FN4OS. The van der Waals surface area contributed by atoms with Crippen molar-refractivity contribution in [3.8, 4) is 17.3 Å². The first-order chi connectivity index (χ1) is 14.8. The summed E-state index contributed by atoms with van der Waals surface area (Å²) in [5.41, 5.74) is 2.82. The predicted octanol–water partition coefficient (Wildman–Crippen LogP) is 5.07. The molecule has 1 N–H and O–H groups in total. The highest BCUT2D eigenvalue weighted by molar-refractivity contribution is 7.90. The van der Waals surface area contributed by atoms with Crippen LogP contribution in [0.15, 0.2) is 36.7 Å². The van der Waals surface area contributed by atoms with Crippen LogP contribution in [0.2, 0.25) is 0 Å². The van der Waals surface area contributed by atoms with Gasteiger partial charge >= 0.3 is 0 Å². The number of nitriles is 1. The van der Waals surface area contributed by atoms with Crippen LogP contribution in [0.1, 0.15) is 51.2 Å². The highest BCUT2D eigenvalue weighted by Crippen LogP contribution is 2.33. The van der Waals surface area contributed by atoms with Gasteiger partial charge in [-0.3, -0.25) is 4.98 Å². The Morgan fingerprint density at radius 1 is 1.35 bits per heavy atom. The standard InChI is InChI=1S/C24H27FN4OS/c1-24(2,3)15-29-14-17(13-28-31(30)18-7-4-8-18)19-10-21(25)20(11-22(19)29)23-16(12-26)6-5-9-27-23/h5-6,9-11,14,18,28H,4,7-8,13,15H2,1-3H3. The fourth-order valence-electron chi connectivity index (χ4n) is 3.91. The molecule has 1 saturated carbocycles. The molecule has 31 heavy (non-hydrogen) atoms. The van der Waals surface area contributed by atoms with E-state index in [1.165, 1.54) is 6.07 Å². The van der Waals surface area contributed by atoms with Crippen molar-refractivity contribution in [2.75, 3.05) is 0 Å². The van der Waals surface area contributed by atoms with Crippen molar-refractivity contribution in [1.29, 1.82) is 5.26 Å². The number of pyridine rings is 1. The fraction of sp³-hybridized carbons (Fsp3) is 0.417. The highest BCUT2D eigenvalue weighted by atomic mass is 32.2. The maximum atomic E-state index is 15.2. The Balaban J connectivity index is 1.77. The number of nitrogens with zero attached hydrogens (tertiary/aromatic N) is 3. The van der Waals surface area contributed by atoms with Gasteiger partial charge in [-0.2, -0.15) is 5.26 Å². The summed E-state index contributed by atoms with van der Waals surface area (Å²) >= 11 is -1.07. The number of halogens is 1. The molecule has 0 bridgehead atoms. The molecular weight excluding hydrogens is 411 g/mol. The maximum Gasteiger partial charge on any atom is 0.135 e. The third-order valence-electron chi connectivity index (χ3n) is 5.64. The van der Waals surface area contributed by atoms with Gasteiger partial charge < -0.3 is 9.12 Å². The number of fused-ring (bicyclic) bond motifs is 1. The summed E-state index contributed by atoms with van der Waals surface area (Å²) in [6.45, 7) is 7.62. The van der Waals surface area contributed by atoms with E-state index in [0.717, 1.165) is 42.3 Å². The Kier molecular flexibility index (Phi) is 6.07. The lowest BCUT2D eigenvalue weighted by molar-refractivity contribution is 0.349. The first-order valence-electron chi connectivity index (χ1n) is 10.6. The van der Waals surface area contributed by atoms with E-state index in [9.17, 15) is 9.81 Å². The largest absolute Gasteiger partial charge is 0.598 e. The van der Waals surface area contributed by atoms with Crippen molar-refractivity contribution in [1.82, 2.24) is 14.3 Å². The Labute approximate surface area is 185 Å². The SMILES string of the molecule is CC(C)(C)Cn1cc(CN[S+]([O-])C2CCC2)c2cc(F)c(-c3ncccc3C#N)cc21. The van der Waals surface area contributed by atoms with Gasteiger partial charge in [-0.1, -0.05) is 20.8 Å². The summed E-state index contributed by atoms with van der Waals surface area (Å²) in [4.78, 5) is 4.27. The molecule has 1 aliphatic carbocycles. The van der Waals surface area contributed by atoms with Gasteiger partial charge in [-0.25, -0.2) is 4.39 Å². The van der Waals surface area contributed by atoms with Crippen molar-refractivity contribution in [2.45, 2.75) is 58.4 Å². The Hall–Kier alpha value is -2.40.